The van der Waals surface area contributed by atoms with Crippen molar-refractivity contribution in [2.75, 3.05) is 6.61 Å². The summed E-state index contributed by atoms with van der Waals surface area (Å²) in [6, 6.07) is 6.78. The van der Waals surface area contributed by atoms with Crippen LogP contribution in [0.15, 0.2) is 40.9 Å². The van der Waals surface area contributed by atoms with Gasteiger partial charge in [0.1, 0.15) is 12.4 Å². The molecule has 14 heavy (non-hydrogen) atoms. The van der Waals surface area contributed by atoms with Crippen molar-refractivity contribution in [3.63, 3.8) is 0 Å². The lowest BCUT2D eigenvalue weighted by Gasteiger charge is -2.01. The van der Waals surface area contributed by atoms with Crippen molar-refractivity contribution in [1.29, 1.82) is 0 Å². The average molecular weight is 210 g/mol. The number of halogens is 1. The number of carbonyl (C=O) groups excluding carboxylic acids is 1. The smallest absolute Gasteiger partial charge is 0.240 e. The Kier molecular flexibility index (Phi) is 4.48. The van der Waals surface area contributed by atoms with Crippen LogP contribution in [0.3, 0.4) is 0 Å². The molecular weight excluding hydrogens is 202 g/mol. The molecule has 0 atom stereocenters. The van der Waals surface area contributed by atoms with Crippen LogP contribution in [0.5, 0.6) is 5.75 Å². The van der Waals surface area contributed by atoms with Crippen molar-refractivity contribution in [3.8, 4) is 5.75 Å². The first-order valence-corrected chi connectivity index (χ1v) is 4.36. The molecule has 0 amide bonds. The Morgan fingerprint density at radius 3 is 2.71 bits per heavy atom. The van der Waals surface area contributed by atoms with E-state index in [2.05, 4.69) is 4.99 Å². The van der Waals surface area contributed by atoms with Gasteiger partial charge in [-0.05, 0) is 30.3 Å². The average Bonchev–Trinajstić information content (AvgIpc) is 2.21. The Labute approximate surface area is 86.7 Å². The number of hydrogen-bond acceptors (Lipinski definition) is 3. The van der Waals surface area contributed by atoms with Gasteiger partial charge < -0.3 is 4.74 Å². The zero-order valence-corrected chi connectivity index (χ0v) is 8.07. The molecular formula is C10H8ClNO2. The summed E-state index contributed by atoms with van der Waals surface area (Å²) in [4.78, 5) is 13.4. The molecule has 4 heteroatoms. The molecule has 1 aromatic rings. The predicted molar refractivity (Wildman–Crippen MR) is 54.7 cm³/mol. The quantitative estimate of drug-likeness (QED) is 0.565. The van der Waals surface area contributed by atoms with Crippen LogP contribution in [0, 0.1) is 0 Å². The van der Waals surface area contributed by atoms with Crippen LogP contribution in [-0.4, -0.2) is 12.7 Å². The Bertz CT molecular complexity index is 353. The molecule has 0 aliphatic carbocycles. The minimum Gasteiger partial charge on any atom is -0.490 e. The van der Waals surface area contributed by atoms with Crippen LogP contribution in [0.2, 0.25) is 0 Å². The van der Waals surface area contributed by atoms with Crippen molar-refractivity contribution in [2.45, 2.75) is 0 Å². The van der Waals surface area contributed by atoms with Gasteiger partial charge in [0.2, 0.25) is 6.08 Å². The highest BCUT2D eigenvalue weighted by atomic mass is 35.5. The third-order valence-corrected chi connectivity index (χ3v) is 1.62. The van der Waals surface area contributed by atoms with Crippen molar-refractivity contribution in [2.24, 2.45) is 4.99 Å². The molecule has 0 saturated carbocycles. The van der Waals surface area contributed by atoms with Crippen molar-refractivity contribution >= 4 is 23.4 Å². The molecule has 0 spiro atoms. The van der Waals surface area contributed by atoms with E-state index in [1.165, 1.54) is 11.6 Å². The van der Waals surface area contributed by atoms with E-state index < -0.39 is 0 Å². The second-order valence-corrected chi connectivity index (χ2v) is 2.62. The van der Waals surface area contributed by atoms with Crippen LogP contribution in [-0.2, 0) is 4.79 Å². The largest absolute Gasteiger partial charge is 0.490 e. The fourth-order valence-electron chi connectivity index (χ4n) is 0.850. The van der Waals surface area contributed by atoms with E-state index in [0.717, 1.165) is 0 Å². The van der Waals surface area contributed by atoms with E-state index in [-0.39, 0.29) is 0 Å². The summed E-state index contributed by atoms with van der Waals surface area (Å²) < 4.78 is 5.27. The molecule has 0 heterocycles. The zero-order valence-electron chi connectivity index (χ0n) is 7.31. The number of benzene rings is 1. The summed E-state index contributed by atoms with van der Waals surface area (Å²) in [5, 5.41) is 0. The Balaban J connectivity index is 2.59. The van der Waals surface area contributed by atoms with E-state index in [9.17, 15) is 4.79 Å². The van der Waals surface area contributed by atoms with E-state index >= 15 is 0 Å². The summed E-state index contributed by atoms with van der Waals surface area (Å²) in [5.41, 5.74) is 1.95. The number of nitrogens with zero attached hydrogens (tertiary/aromatic N) is 1. The van der Waals surface area contributed by atoms with Gasteiger partial charge in [-0.3, -0.25) is 0 Å². The SMILES string of the molecule is O=C=Nc1ccc(OCC=CCl)cc1. The van der Waals surface area contributed by atoms with Gasteiger partial charge in [0.25, 0.3) is 0 Å². The Morgan fingerprint density at radius 2 is 2.14 bits per heavy atom. The molecule has 3 nitrogen and oxygen atoms in total. The first kappa shape index (κ1) is 10.5. The molecule has 0 unspecified atom stereocenters. The minimum atomic E-state index is 0.416. The number of aliphatic imine (C=N–C) groups is 1. The highest BCUT2D eigenvalue weighted by Crippen LogP contribution is 2.17. The Hall–Kier alpha value is -1.57. The van der Waals surface area contributed by atoms with Gasteiger partial charge in [-0.2, -0.15) is 4.99 Å². The highest BCUT2D eigenvalue weighted by molar-refractivity contribution is 6.25. The monoisotopic (exact) mass is 209 g/mol. The molecule has 1 rings (SSSR count). The van der Waals surface area contributed by atoms with Crippen molar-refractivity contribution < 1.29 is 9.53 Å². The maximum atomic E-state index is 9.92. The lowest BCUT2D eigenvalue weighted by Crippen LogP contribution is -1.91. The van der Waals surface area contributed by atoms with Crippen LogP contribution in [0.4, 0.5) is 5.69 Å². The minimum absolute atomic E-state index is 0.416. The van der Waals surface area contributed by atoms with Crippen LogP contribution < -0.4 is 4.74 Å². The predicted octanol–water partition coefficient (Wildman–Crippen LogP) is 2.79. The van der Waals surface area contributed by atoms with Gasteiger partial charge in [0.05, 0.1) is 5.69 Å². The van der Waals surface area contributed by atoms with Gasteiger partial charge in [0, 0.05) is 5.54 Å². The van der Waals surface area contributed by atoms with Gasteiger partial charge in [0.15, 0.2) is 0 Å². The molecule has 0 aliphatic heterocycles. The fraction of sp³-hybridized carbons (Fsp3) is 0.100. The van der Waals surface area contributed by atoms with Gasteiger partial charge in [-0.1, -0.05) is 11.6 Å². The van der Waals surface area contributed by atoms with E-state index in [1.807, 2.05) is 0 Å². The second-order valence-electron chi connectivity index (χ2n) is 2.37. The molecule has 0 aliphatic rings. The van der Waals surface area contributed by atoms with E-state index in [0.29, 0.717) is 18.0 Å². The third kappa shape index (κ3) is 3.44. The second kappa shape index (κ2) is 5.97. The summed E-state index contributed by atoms with van der Waals surface area (Å²) in [6.45, 7) is 0.416. The molecule has 1 aromatic carbocycles. The third-order valence-electron chi connectivity index (χ3n) is 1.45. The maximum absolute atomic E-state index is 9.92. The van der Waals surface area contributed by atoms with Crippen molar-refractivity contribution in [1.82, 2.24) is 0 Å². The number of rotatable bonds is 4. The molecule has 72 valence electrons. The summed E-state index contributed by atoms with van der Waals surface area (Å²) in [6.07, 6.45) is 3.14. The highest BCUT2D eigenvalue weighted by Gasteiger charge is 1.92. The van der Waals surface area contributed by atoms with Crippen molar-refractivity contribution in [3.05, 3.63) is 35.9 Å². The number of ether oxygens (including phenoxy) is 1. The first-order valence-electron chi connectivity index (χ1n) is 3.93. The number of isocyanates is 1. The lowest BCUT2D eigenvalue weighted by atomic mass is 10.3. The maximum Gasteiger partial charge on any atom is 0.240 e. The van der Waals surface area contributed by atoms with Gasteiger partial charge in [-0.15, -0.1) is 0 Å². The molecule has 0 N–H and O–H groups in total. The summed E-state index contributed by atoms with van der Waals surface area (Å²) >= 11 is 5.32. The number of hydrogen-bond donors (Lipinski definition) is 0. The van der Waals surface area contributed by atoms with Crippen LogP contribution >= 0.6 is 11.6 Å². The first-order chi connectivity index (χ1) is 6.86. The summed E-state index contributed by atoms with van der Waals surface area (Å²) in [5.74, 6) is 0.699. The van der Waals surface area contributed by atoms with Crippen LogP contribution in [0.25, 0.3) is 0 Å². The molecule has 0 radical (unpaired) electrons. The molecule has 0 saturated heterocycles. The van der Waals surface area contributed by atoms with Gasteiger partial charge in [-0.25, -0.2) is 4.79 Å². The molecule has 0 fully saturated rings. The van der Waals surface area contributed by atoms with E-state index in [4.69, 9.17) is 16.3 Å². The standard InChI is InChI=1S/C10H8ClNO2/c11-6-1-7-14-10-4-2-9(3-5-10)12-8-13/h1-6H,7H2. The van der Waals surface area contributed by atoms with E-state index in [1.54, 1.807) is 30.3 Å². The molecule has 0 aromatic heterocycles. The van der Waals surface area contributed by atoms with Crippen LogP contribution in [0.1, 0.15) is 0 Å². The normalized spacial score (nSPS) is 9.79. The Morgan fingerprint density at radius 1 is 1.43 bits per heavy atom. The fourth-order valence-corrected chi connectivity index (χ4v) is 0.923. The van der Waals surface area contributed by atoms with Gasteiger partial charge >= 0.3 is 0 Å². The lowest BCUT2D eigenvalue weighted by molar-refractivity contribution is 0.363. The topological polar surface area (TPSA) is 38.7 Å². The zero-order chi connectivity index (χ0) is 10.2. The summed E-state index contributed by atoms with van der Waals surface area (Å²) in [7, 11) is 0. The molecule has 0 bridgehead atoms.